The number of ether oxygens (including phenoxy) is 1. The van der Waals surface area contributed by atoms with E-state index in [1.54, 1.807) is 0 Å². The lowest BCUT2D eigenvalue weighted by Gasteiger charge is -2.36. The standard InChI is InChI=1S/C15H26O2/c1-15(2,3)14(16)17-13-8-9-7-12(13)11-6-4-5-10(9)11/h9-14,16H,4-8H2,1-3H3. The molecule has 0 amide bonds. The molecule has 3 aliphatic carbocycles. The van der Waals surface area contributed by atoms with Gasteiger partial charge in [0.2, 0.25) is 0 Å². The summed E-state index contributed by atoms with van der Waals surface area (Å²) in [5, 5.41) is 10.1. The van der Waals surface area contributed by atoms with Crippen LogP contribution in [-0.2, 0) is 4.74 Å². The highest BCUT2D eigenvalue weighted by atomic mass is 16.6. The van der Waals surface area contributed by atoms with Crippen LogP contribution in [0.1, 0.15) is 52.9 Å². The van der Waals surface area contributed by atoms with Gasteiger partial charge in [-0.1, -0.05) is 27.2 Å². The third kappa shape index (κ3) is 1.94. The van der Waals surface area contributed by atoms with Crippen LogP contribution in [0.5, 0.6) is 0 Å². The van der Waals surface area contributed by atoms with Crippen molar-refractivity contribution in [2.24, 2.45) is 29.1 Å². The highest BCUT2D eigenvalue weighted by molar-refractivity contribution is 5.03. The molecule has 3 aliphatic rings. The molecule has 17 heavy (non-hydrogen) atoms. The van der Waals surface area contributed by atoms with Gasteiger partial charge in [0.25, 0.3) is 0 Å². The van der Waals surface area contributed by atoms with Gasteiger partial charge in [-0.25, -0.2) is 0 Å². The molecule has 0 aliphatic heterocycles. The highest BCUT2D eigenvalue weighted by Gasteiger charge is 2.54. The molecule has 0 heterocycles. The lowest BCUT2D eigenvalue weighted by Crippen LogP contribution is -2.38. The largest absolute Gasteiger partial charge is 0.367 e. The molecule has 3 saturated carbocycles. The van der Waals surface area contributed by atoms with Crippen molar-refractivity contribution in [1.82, 2.24) is 0 Å². The van der Waals surface area contributed by atoms with E-state index in [1.807, 2.05) is 20.8 Å². The van der Waals surface area contributed by atoms with Gasteiger partial charge in [0.1, 0.15) is 0 Å². The minimum Gasteiger partial charge on any atom is -0.367 e. The molecule has 98 valence electrons. The minimum absolute atomic E-state index is 0.156. The predicted octanol–water partition coefficient (Wildman–Crippen LogP) is 3.19. The van der Waals surface area contributed by atoms with Crippen molar-refractivity contribution in [2.45, 2.75) is 65.3 Å². The maximum Gasteiger partial charge on any atom is 0.159 e. The van der Waals surface area contributed by atoms with Crippen LogP contribution in [0.3, 0.4) is 0 Å². The molecule has 3 rings (SSSR count). The van der Waals surface area contributed by atoms with E-state index in [0.717, 1.165) is 23.7 Å². The summed E-state index contributed by atoms with van der Waals surface area (Å²) in [6, 6.07) is 0. The third-order valence-electron chi connectivity index (χ3n) is 5.41. The zero-order chi connectivity index (χ0) is 12.2. The van der Waals surface area contributed by atoms with Gasteiger partial charge in [0.15, 0.2) is 6.29 Å². The highest BCUT2D eigenvalue weighted by Crippen LogP contribution is 2.59. The van der Waals surface area contributed by atoms with Crippen LogP contribution in [0, 0.1) is 29.1 Å². The Hall–Kier alpha value is -0.0800. The molecule has 1 N–H and O–H groups in total. The Kier molecular flexibility index (Phi) is 2.79. The lowest BCUT2D eigenvalue weighted by atomic mass is 9.80. The summed E-state index contributed by atoms with van der Waals surface area (Å²) in [6.07, 6.45) is 6.62. The van der Waals surface area contributed by atoms with Crippen LogP contribution in [0.25, 0.3) is 0 Å². The summed E-state index contributed by atoms with van der Waals surface area (Å²) in [6.45, 7) is 6.13. The molecular formula is C15H26O2. The summed E-state index contributed by atoms with van der Waals surface area (Å²) in [5.41, 5.74) is -0.156. The Morgan fingerprint density at radius 2 is 1.76 bits per heavy atom. The molecule has 2 bridgehead atoms. The van der Waals surface area contributed by atoms with Crippen LogP contribution < -0.4 is 0 Å². The zero-order valence-corrected chi connectivity index (χ0v) is 11.4. The zero-order valence-electron chi connectivity index (χ0n) is 11.4. The van der Waals surface area contributed by atoms with Crippen molar-refractivity contribution in [3.63, 3.8) is 0 Å². The number of aliphatic hydroxyl groups is 1. The maximum atomic E-state index is 10.1. The van der Waals surface area contributed by atoms with Crippen molar-refractivity contribution in [3.05, 3.63) is 0 Å². The van der Waals surface area contributed by atoms with Crippen molar-refractivity contribution >= 4 is 0 Å². The summed E-state index contributed by atoms with van der Waals surface area (Å²) in [4.78, 5) is 0. The van der Waals surface area contributed by atoms with Crippen LogP contribution in [0.4, 0.5) is 0 Å². The van der Waals surface area contributed by atoms with Crippen LogP contribution in [-0.4, -0.2) is 17.5 Å². The number of fused-ring (bicyclic) bond motifs is 5. The van der Waals surface area contributed by atoms with Gasteiger partial charge >= 0.3 is 0 Å². The van der Waals surface area contributed by atoms with Crippen molar-refractivity contribution in [3.8, 4) is 0 Å². The van der Waals surface area contributed by atoms with Gasteiger partial charge in [0.05, 0.1) is 6.10 Å². The predicted molar refractivity (Wildman–Crippen MR) is 67.4 cm³/mol. The molecule has 2 nitrogen and oxygen atoms in total. The molecule has 2 heteroatoms. The maximum absolute atomic E-state index is 10.1. The molecule has 6 unspecified atom stereocenters. The van der Waals surface area contributed by atoms with Gasteiger partial charge in [-0.05, 0) is 49.4 Å². The second-order valence-corrected chi connectivity index (χ2v) is 7.55. The molecule has 0 radical (unpaired) electrons. The molecule has 0 aromatic carbocycles. The minimum atomic E-state index is -0.605. The number of hydrogen-bond acceptors (Lipinski definition) is 2. The van der Waals surface area contributed by atoms with E-state index in [1.165, 1.54) is 32.1 Å². The first-order chi connectivity index (χ1) is 7.97. The van der Waals surface area contributed by atoms with Gasteiger partial charge in [-0.2, -0.15) is 0 Å². The van der Waals surface area contributed by atoms with E-state index in [2.05, 4.69) is 0 Å². The van der Waals surface area contributed by atoms with Crippen molar-refractivity contribution < 1.29 is 9.84 Å². The number of hydrogen-bond donors (Lipinski definition) is 1. The fourth-order valence-electron chi connectivity index (χ4n) is 4.53. The molecule has 0 spiro atoms. The monoisotopic (exact) mass is 238 g/mol. The first kappa shape index (κ1) is 12.0. The van der Waals surface area contributed by atoms with E-state index in [-0.39, 0.29) is 5.41 Å². The Labute approximate surface area is 105 Å². The summed E-state index contributed by atoms with van der Waals surface area (Å²) < 4.78 is 5.97. The fourth-order valence-corrected chi connectivity index (χ4v) is 4.53. The van der Waals surface area contributed by atoms with Crippen LogP contribution in [0.15, 0.2) is 0 Å². The molecule has 0 aromatic heterocycles. The average molecular weight is 238 g/mol. The van der Waals surface area contributed by atoms with E-state index < -0.39 is 6.29 Å². The normalized spacial score (nSPS) is 46.2. The van der Waals surface area contributed by atoms with Gasteiger partial charge in [-0.15, -0.1) is 0 Å². The summed E-state index contributed by atoms with van der Waals surface area (Å²) in [5.74, 6) is 3.59. The molecule has 3 fully saturated rings. The van der Waals surface area contributed by atoms with Crippen LogP contribution in [0.2, 0.25) is 0 Å². The van der Waals surface area contributed by atoms with Gasteiger partial charge in [-0.3, -0.25) is 0 Å². The Morgan fingerprint density at radius 1 is 1.06 bits per heavy atom. The number of rotatable bonds is 2. The topological polar surface area (TPSA) is 29.5 Å². The summed E-state index contributed by atoms with van der Waals surface area (Å²) >= 11 is 0. The van der Waals surface area contributed by atoms with Gasteiger partial charge in [0, 0.05) is 5.41 Å². The quantitative estimate of drug-likeness (QED) is 0.749. The summed E-state index contributed by atoms with van der Waals surface area (Å²) in [7, 11) is 0. The smallest absolute Gasteiger partial charge is 0.159 e. The third-order valence-corrected chi connectivity index (χ3v) is 5.41. The molecule has 6 atom stereocenters. The van der Waals surface area contributed by atoms with E-state index in [9.17, 15) is 5.11 Å². The van der Waals surface area contributed by atoms with Crippen molar-refractivity contribution in [2.75, 3.05) is 0 Å². The van der Waals surface area contributed by atoms with E-state index in [4.69, 9.17) is 4.74 Å². The fraction of sp³-hybridized carbons (Fsp3) is 1.00. The average Bonchev–Trinajstić information content (AvgIpc) is 2.85. The van der Waals surface area contributed by atoms with Crippen LogP contribution >= 0.6 is 0 Å². The molecule has 0 saturated heterocycles. The molecule has 0 aromatic rings. The van der Waals surface area contributed by atoms with E-state index >= 15 is 0 Å². The Balaban J connectivity index is 1.64. The van der Waals surface area contributed by atoms with Gasteiger partial charge < -0.3 is 9.84 Å². The second-order valence-electron chi connectivity index (χ2n) is 7.55. The molecular weight excluding hydrogens is 212 g/mol. The Morgan fingerprint density at radius 3 is 2.47 bits per heavy atom. The first-order valence-electron chi connectivity index (χ1n) is 7.30. The SMILES string of the molecule is CC(C)(C)C(O)OC1CC2CC1C1CCCC21. The van der Waals surface area contributed by atoms with Crippen molar-refractivity contribution in [1.29, 1.82) is 0 Å². The number of aliphatic hydroxyl groups excluding tert-OH is 1. The lowest BCUT2D eigenvalue weighted by molar-refractivity contribution is -0.202. The first-order valence-corrected chi connectivity index (χ1v) is 7.30. The second kappa shape index (κ2) is 3.96. The Bertz CT molecular complexity index is 294. The van der Waals surface area contributed by atoms with E-state index in [0.29, 0.717) is 6.10 Å².